The molecule has 1 aliphatic rings. The summed E-state index contributed by atoms with van der Waals surface area (Å²) < 4.78 is 2.02. The molecule has 0 saturated heterocycles. The van der Waals surface area contributed by atoms with Crippen LogP contribution < -0.4 is 5.32 Å². The van der Waals surface area contributed by atoms with E-state index in [-0.39, 0.29) is 0 Å². The average Bonchev–Trinajstić information content (AvgIpc) is 2.96. The SMILES string of the molecule is Cc1nc(Cl)c2ccc(NC3CC3)cn12. The Labute approximate surface area is 93.1 Å². The van der Waals surface area contributed by atoms with Gasteiger partial charge in [-0.05, 0) is 31.9 Å². The van der Waals surface area contributed by atoms with Gasteiger partial charge in [-0.25, -0.2) is 4.98 Å². The minimum Gasteiger partial charge on any atom is -0.381 e. The van der Waals surface area contributed by atoms with Crippen LogP contribution in [0.2, 0.25) is 5.15 Å². The van der Waals surface area contributed by atoms with Crippen LogP contribution >= 0.6 is 11.6 Å². The number of hydrogen-bond acceptors (Lipinski definition) is 2. The fraction of sp³-hybridized carbons (Fsp3) is 0.364. The molecule has 2 aromatic heterocycles. The standard InChI is InChI=1S/C11H12ClN3/c1-7-13-11(12)10-5-4-9(6-15(7)10)14-8-2-3-8/h4-6,8,14H,2-3H2,1H3. The molecule has 78 valence electrons. The molecule has 0 unspecified atom stereocenters. The van der Waals surface area contributed by atoms with Gasteiger partial charge in [0.15, 0.2) is 5.15 Å². The first-order valence-electron chi connectivity index (χ1n) is 5.15. The Bertz CT molecular complexity index is 514. The lowest BCUT2D eigenvalue weighted by atomic mass is 10.3. The molecule has 4 heteroatoms. The quantitative estimate of drug-likeness (QED) is 0.845. The highest BCUT2D eigenvalue weighted by molar-refractivity contribution is 6.32. The molecule has 1 aliphatic carbocycles. The highest BCUT2D eigenvalue weighted by atomic mass is 35.5. The number of aryl methyl sites for hydroxylation is 1. The van der Waals surface area contributed by atoms with E-state index in [1.54, 1.807) is 0 Å². The molecule has 0 bridgehead atoms. The molecule has 1 saturated carbocycles. The molecule has 3 rings (SSSR count). The maximum atomic E-state index is 6.00. The Morgan fingerprint density at radius 3 is 3.00 bits per heavy atom. The van der Waals surface area contributed by atoms with Crippen molar-refractivity contribution in [1.82, 2.24) is 9.38 Å². The third-order valence-corrected chi connectivity index (χ3v) is 2.99. The second kappa shape index (κ2) is 3.14. The van der Waals surface area contributed by atoms with Gasteiger partial charge in [-0.15, -0.1) is 0 Å². The monoisotopic (exact) mass is 221 g/mol. The van der Waals surface area contributed by atoms with E-state index in [2.05, 4.69) is 22.6 Å². The normalized spacial score (nSPS) is 15.9. The Morgan fingerprint density at radius 2 is 2.27 bits per heavy atom. The number of pyridine rings is 1. The van der Waals surface area contributed by atoms with E-state index in [4.69, 9.17) is 11.6 Å². The molecule has 0 atom stereocenters. The van der Waals surface area contributed by atoms with Gasteiger partial charge < -0.3 is 9.72 Å². The molecule has 0 aromatic carbocycles. The molecule has 0 spiro atoms. The molecule has 2 aromatic rings. The van der Waals surface area contributed by atoms with Crippen molar-refractivity contribution >= 4 is 22.8 Å². The Kier molecular flexibility index (Phi) is 1.89. The van der Waals surface area contributed by atoms with Crippen LogP contribution in [-0.2, 0) is 0 Å². The van der Waals surface area contributed by atoms with Crippen LogP contribution in [0, 0.1) is 6.92 Å². The minimum absolute atomic E-state index is 0.575. The van der Waals surface area contributed by atoms with E-state index in [1.165, 1.54) is 12.8 Å². The van der Waals surface area contributed by atoms with E-state index in [0.29, 0.717) is 11.2 Å². The van der Waals surface area contributed by atoms with Crippen LogP contribution in [0.1, 0.15) is 18.7 Å². The van der Waals surface area contributed by atoms with Crippen LogP contribution in [-0.4, -0.2) is 15.4 Å². The number of aromatic nitrogens is 2. The topological polar surface area (TPSA) is 29.3 Å². The van der Waals surface area contributed by atoms with Crippen molar-refractivity contribution in [2.24, 2.45) is 0 Å². The number of anilines is 1. The number of halogens is 1. The second-order valence-corrected chi connectivity index (χ2v) is 4.40. The zero-order chi connectivity index (χ0) is 10.4. The summed E-state index contributed by atoms with van der Waals surface area (Å²) in [4.78, 5) is 4.23. The first kappa shape index (κ1) is 9.04. The van der Waals surface area contributed by atoms with Crippen molar-refractivity contribution < 1.29 is 0 Å². The van der Waals surface area contributed by atoms with Crippen LogP contribution in [0.5, 0.6) is 0 Å². The number of imidazole rings is 1. The molecule has 3 nitrogen and oxygen atoms in total. The Hall–Kier alpha value is -1.22. The maximum absolute atomic E-state index is 6.00. The fourth-order valence-corrected chi connectivity index (χ4v) is 2.01. The summed E-state index contributed by atoms with van der Waals surface area (Å²) in [5.41, 5.74) is 2.11. The highest BCUT2D eigenvalue weighted by Gasteiger charge is 2.20. The predicted octanol–water partition coefficient (Wildman–Crippen LogP) is 2.87. The molecule has 1 fully saturated rings. The summed E-state index contributed by atoms with van der Waals surface area (Å²) in [5, 5.41) is 4.03. The number of fused-ring (bicyclic) bond motifs is 1. The lowest BCUT2D eigenvalue weighted by Gasteiger charge is -2.05. The summed E-state index contributed by atoms with van der Waals surface area (Å²) in [6, 6.07) is 4.73. The van der Waals surface area contributed by atoms with Crippen molar-refractivity contribution in [3.8, 4) is 0 Å². The molecule has 0 amide bonds. The smallest absolute Gasteiger partial charge is 0.155 e. The Balaban J connectivity index is 2.07. The zero-order valence-electron chi connectivity index (χ0n) is 8.50. The molecule has 1 N–H and O–H groups in total. The first-order valence-corrected chi connectivity index (χ1v) is 5.52. The molecule has 15 heavy (non-hydrogen) atoms. The van der Waals surface area contributed by atoms with E-state index < -0.39 is 0 Å². The number of nitrogens with one attached hydrogen (secondary N) is 1. The number of nitrogens with zero attached hydrogens (tertiary/aromatic N) is 2. The van der Waals surface area contributed by atoms with E-state index in [1.807, 2.05) is 17.4 Å². The largest absolute Gasteiger partial charge is 0.381 e. The van der Waals surface area contributed by atoms with Crippen molar-refractivity contribution in [3.63, 3.8) is 0 Å². The predicted molar refractivity (Wildman–Crippen MR) is 61.6 cm³/mol. The van der Waals surface area contributed by atoms with Gasteiger partial charge in [-0.1, -0.05) is 11.6 Å². The molecule has 0 radical (unpaired) electrons. The summed E-state index contributed by atoms with van der Waals surface area (Å²) in [6.07, 6.45) is 4.62. The van der Waals surface area contributed by atoms with Crippen LogP contribution in [0.3, 0.4) is 0 Å². The number of rotatable bonds is 2. The molecular weight excluding hydrogens is 210 g/mol. The van der Waals surface area contributed by atoms with Crippen molar-refractivity contribution in [2.75, 3.05) is 5.32 Å². The van der Waals surface area contributed by atoms with Gasteiger partial charge in [-0.2, -0.15) is 0 Å². The van der Waals surface area contributed by atoms with Crippen LogP contribution in [0.25, 0.3) is 5.52 Å². The van der Waals surface area contributed by atoms with Crippen LogP contribution in [0.15, 0.2) is 18.3 Å². The maximum Gasteiger partial charge on any atom is 0.155 e. The molecule has 2 heterocycles. The van der Waals surface area contributed by atoms with E-state index in [9.17, 15) is 0 Å². The number of hydrogen-bond donors (Lipinski definition) is 1. The van der Waals surface area contributed by atoms with E-state index >= 15 is 0 Å². The second-order valence-electron chi connectivity index (χ2n) is 4.04. The summed E-state index contributed by atoms with van der Waals surface area (Å²) in [6.45, 7) is 1.96. The van der Waals surface area contributed by atoms with Crippen molar-refractivity contribution in [3.05, 3.63) is 29.3 Å². The lowest BCUT2D eigenvalue weighted by molar-refractivity contribution is 1.04. The van der Waals surface area contributed by atoms with Gasteiger partial charge >= 0.3 is 0 Å². The van der Waals surface area contributed by atoms with Crippen molar-refractivity contribution in [2.45, 2.75) is 25.8 Å². The third-order valence-electron chi connectivity index (χ3n) is 2.72. The summed E-state index contributed by atoms with van der Waals surface area (Å²) in [5.74, 6) is 0.925. The lowest BCUT2D eigenvalue weighted by Crippen LogP contribution is -2.02. The fourth-order valence-electron chi connectivity index (χ4n) is 1.74. The highest BCUT2D eigenvalue weighted by Crippen LogP contribution is 2.26. The summed E-state index contributed by atoms with van der Waals surface area (Å²) in [7, 11) is 0. The van der Waals surface area contributed by atoms with Gasteiger partial charge in [-0.3, -0.25) is 0 Å². The van der Waals surface area contributed by atoms with Gasteiger partial charge in [0.25, 0.3) is 0 Å². The zero-order valence-corrected chi connectivity index (χ0v) is 9.25. The van der Waals surface area contributed by atoms with Gasteiger partial charge in [0.1, 0.15) is 5.82 Å². The minimum atomic E-state index is 0.575. The van der Waals surface area contributed by atoms with Gasteiger partial charge in [0, 0.05) is 12.2 Å². The Morgan fingerprint density at radius 1 is 1.47 bits per heavy atom. The first-order chi connectivity index (χ1) is 7.24. The van der Waals surface area contributed by atoms with Crippen molar-refractivity contribution in [1.29, 1.82) is 0 Å². The molecule has 0 aliphatic heterocycles. The van der Waals surface area contributed by atoms with E-state index in [0.717, 1.165) is 17.0 Å². The van der Waals surface area contributed by atoms with Crippen LogP contribution in [0.4, 0.5) is 5.69 Å². The van der Waals surface area contributed by atoms with Gasteiger partial charge in [0.05, 0.1) is 11.2 Å². The van der Waals surface area contributed by atoms with Gasteiger partial charge in [0.2, 0.25) is 0 Å². The summed E-state index contributed by atoms with van der Waals surface area (Å²) >= 11 is 6.00. The third kappa shape index (κ3) is 1.57. The molecular formula is C11H12ClN3. The average molecular weight is 222 g/mol.